The molecule has 2 atom stereocenters. The van der Waals surface area contributed by atoms with E-state index >= 15 is 0 Å². The van der Waals surface area contributed by atoms with Gasteiger partial charge in [0.25, 0.3) is 11.6 Å². The number of nitro benzene ring substituents is 1. The molecule has 1 saturated heterocycles. The van der Waals surface area contributed by atoms with Crippen molar-refractivity contribution < 1.29 is 24.0 Å². The van der Waals surface area contributed by atoms with Gasteiger partial charge in [-0.25, -0.2) is 4.79 Å². The number of nitrogens with one attached hydrogen (secondary N) is 2. The van der Waals surface area contributed by atoms with Crippen LogP contribution in [0.25, 0.3) is 0 Å². The molecule has 0 bridgehead atoms. The summed E-state index contributed by atoms with van der Waals surface area (Å²) in [5.41, 5.74) is -1.32. The molecule has 1 spiro atoms. The van der Waals surface area contributed by atoms with E-state index in [9.17, 15) is 24.5 Å². The molecule has 0 unspecified atom stereocenters. The minimum absolute atomic E-state index is 0.0204. The molecule has 1 aliphatic carbocycles. The van der Waals surface area contributed by atoms with Crippen LogP contribution in [0.5, 0.6) is 5.75 Å². The Morgan fingerprint density at radius 1 is 1.41 bits per heavy atom. The van der Waals surface area contributed by atoms with Crippen LogP contribution >= 0.6 is 0 Å². The van der Waals surface area contributed by atoms with Crippen molar-refractivity contribution in [3.8, 4) is 5.75 Å². The number of benzene rings is 1. The molecule has 29 heavy (non-hydrogen) atoms. The van der Waals surface area contributed by atoms with Crippen LogP contribution in [-0.2, 0) is 9.59 Å². The maximum Gasteiger partial charge on any atom is 0.325 e. The van der Waals surface area contributed by atoms with Crippen LogP contribution in [0.4, 0.5) is 16.2 Å². The van der Waals surface area contributed by atoms with E-state index < -0.39 is 34.9 Å². The summed E-state index contributed by atoms with van der Waals surface area (Å²) in [7, 11) is 0. The molecule has 0 radical (unpaired) electrons. The van der Waals surface area contributed by atoms with Crippen molar-refractivity contribution in [3.63, 3.8) is 0 Å². The predicted octanol–water partition coefficient (Wildman–Crippen LogP) is 2.43. The average molecular weight is 404 g/mol. The lowest BCUT2D eigenvalue weighted by molar-refractivity contribution is -0.384. The van der Waals surface area contributed by atoms with Gasteiger partial charge in [0.15, 0.2) is 0 Å². The zero-order valence-electron chi connectivity index (χ0n) is 16.4. The highest BCUT2D eigenvalue weighted by molar-refractivity contribution is 6.10. The molecule has 2 N–H and O–H groups in total. The van der Waals surface area contributed by atoms with Gasteiger partial charge in [-0.2, -0.15) is 0 Å². The maximum absolute atomic E-state index is 12.9. The molecule has 1 saturated carbocycles. The highest BCUT2D eigenvalue weighted by Crippen LogP contribution is 2.38. The Kier molecular flexibility index (Phi) is 5.71. The van der Waals surface area contributed by atoms with E-state index in [1.165, 1.54) is 18.2 Å². The molecule has 3 rings (SSSR count). The zero-order chi connectivity index (χ0) is 21.2. The SMILES string of the molecule is CCOc1ccc(NC(=O)CN2C(=O)N[C@@]3(CCCC[C@@H]3C)C2=O)c([N+](=O)[O-])c1. The number of ether oxygens (including phenoxy) is 1. The van der Waals surface area contributed by atoms with Gasteiger partial charge < -0.3 is 15.4 Å². The summed E-state index contributed by atoms with van der Waals surface area (Å²) in [5, 5.41) is 16.5. The number of urea groups is 1. The van der Waals surface area contributed by atoms with Gasteiger partial charge in [-0.1, -0.05) is 19.8 Å². The Balaban J connectivity index is 1.73. The summed E-state index contributed by atoms with van der Waals surface area (Å²) in [5.74, 6) is -0.820. The molecule has 10 nitrogen and oxygen atoms in total. The van der Waals surface area contributed by atoms with Crippen LogP contribution in [0.1, 0.15) is 39.5 Å². The molecular weight excluding hydrogens is 380 g/mol. The van der Waals surface area contributed by atoms with E-state index in [0.717, 1.165) is 24.2 Å². The summed E-state index contributed by atoms with van der Waals surface area (Å²) in [6.45, 7) is 3.50. The molecule has 10 heteroatoms. The third-order valence-electron chi connectivity index (χ3n) is 5.55. The number of rotatable bonds is 6. The van der Waals surface area contributed by atoms with E-state index in [1.54, 1.807) is 6.92 Å². The molecule has 2 fully saturated rings. The number of anilines is 1. The number of amides is 4. The fourth-order valence-corrected chi connectivity index (χ4v) is 4.00. The third-order valence-corrected chi connectivity index (χ3v) is 5.55. The second kappa shape index (κ2) is 8.06. The number of hydrogen-bond donors (Lipinski definition) is 2. The molecule has 1 aliphatic heterocycles. The quantitative estimate of drug-likeness (QED) is 0.425. The largest absolute Gasteiger partial charge is 0.494 e. The standard InChI is InChI=1S/C19H24N4O6/c1-3-29-13-7-8-14(15(10-13)23(27)28)20-16(24)11-22-17(25)19(21-18(22)26)9-5-4-6-12(19)2/h7-8,10,12H,3-6,9,11H2,1-2H3,(H,20,24)(H,21,26)/t12-,19+/m0/s1. The van der Waals surface area contributed by atoms with Gasteiger partial charge in [0, 0.05) is 0 Å². The first-order valence-corrected chi connectivity index (χ1v) is 9.63. The molecule has 1 aromatic rings. The van der Waals surface area contributed by atoms with E-state index in [4.69, 9.17) is 4.74 Å². The first-order chi connectivity index (χ1) is 13.8. The monoisotopic (exact) mass is 404 g/mol. The lowest BCUT2D eigenvalue weighted by Gasteiger charge is -2.36. The number of carbonyl (C=O) groups is 3. The van der Waals surface area contributed by atoms with Crippen LogP contribution < -0.4 is 15.4 Å². The van der Waals surface area contributed by atoms with E-state index in [0.29, 0.717) is 18.8 Å². The minimum Gasteiger partial charge on any atom is -0.494 e. The lowest BCUT2D eigenvalue weighted by atomic mass is 9.73. The smallest absolute Gasteiger partial charge is 0.325 e. The second-order valence-corrected chi connectivity index (χ2v) is 7.36. The highest BCUT2D eigenvalue weighted by atomic mass is 16.6. The predicted molar refractivity (Wildman–Crippen MR) is 104 cm³/mol. The van der Waals surface area contributed by atoms with Crippen LogP contribution in [-0.4, -0.2) is 46.4 Å². The van der Waals surface area contributed by atoms with Crippen LogP contribution in [0, 0.1) is 16.0 Å². The highest BCUT2D eigenvalue weighted by Gasteiger charge is 2.55. The average Bonchev–Trinajstić information content (AvgIpc) is 2.90. The van der Waals surface area contributed by atoms with Gasteiger partial charge in [0.2, 0.25) is 5.91 Å². The lowest BCUT2D eigenvalue weighted by Crippen LogP contribution is -2.54. The molecular formula is C19H24N4O6. The van der Waals surface area contributed by atoms with Crippen molar-refractivity contribution in [2.24, 2.45) is 5.92 Å². The fraction of sp³-hybridized carbons (Fsp3) is 0.526. The Morgan fingerprint density at radius 3 is 2.83 bits per heavy atom. The number of nitrogens with zero attached hydrogens (tertiary/aromatic N) is 2. The first kappa shape index (κ1) is 20.6. The van der Waals surface area contributed by atoms with Crippen molar-refractivity contribution in [2.45, 2.75) is 45.1 Å². The van der Waals surface area contributed by atoms with E-state index in [1.807, 2.05) is 6.92 Å². The topological polar surface area (TPSA) is 131 Å². The number of imide groups is 1. The number of hydrogen-bond acceptors (Lipinski definition) is 6. The van der Waals surface area contributed by atoms with Gasteiger partial charge >= 0.3 is 6.03 Å². The Hall–Kier alpha value is -3.17. The first-order valence-electron chi connectivity index (χ1n) is 9.63. The molecule has 2 aliphatic rings. The van der Waals surface area contributed by atoms with Gasteiger partial charge in [-0.05, 0) is 37.8 Å². The molecule has 4 amide bonds. The second-order valence-electron chi connectivity index (χ2n) is 7.36. The summed E-state index contributed by atoms with van der Waals surface area (Å²) in [6.07, 6.45) is 3.19. The van der Waals surface area contributed by atoms with Gasteiger partial charge in [0.1, 0.15) is 23.5 Å². The fourth-order valence-electron chi connectivity index (χ4n) is 4.00. The normalized spacial score (nSPS) is 23.8. The van der Waals surface area contributed by atoms with Crippen LogP contribution in [0.15, 0.2) is 18.2 Å². The zero-order valence-corrected chi connectivity index (χ0v) is 16.4. The van der Waals surface area contributed by atoms with E-state index in [2.05, 4.69) is 10.6 Å². The minimum atomic E-state index is -0.958. The number of carbonyl (C=O) groups excluding carboxylic acids is 3. The number of nitro groups is 1. The summed E-state index contributed by atoms with van der Waals surface area (Å²) >= 11 is 0. The van der Waals surface area contributed by atoms with Crippen molar-refractivity contribution in [2.75, 3.05) is 18.5 Å². The molecule has 156 valence electrons. The van der Waals surface area contributed by atoms with Crippen molar-refractivity contribution in [1.29, 1.82) is 0 Å². The Labute approximate surface area is 167 Å². The molecule has 1 aromatic carbocycles. The van der Waals surface area contributed by atoms with Crippen molar-refractivity contribution in [3.05, 3.63) is 28.3 Å². The van der Waals surface area contributed by atoms with Gasteiger partial charge in [0.05, 0.1) is 17.6 Å². The maximum atomic E-state index is 12.9. The Bertz CT molecular complexity index is 857. The van der Waals surface area contributed by atoms with Gasteiger partial charge in [-0.3, -0.25) is 24.6 Å². The summed E-state index contributed by atoms with van der Waals surface area (Å²) in [6, 6.07) is 3.46. The van der Waals surface area contributed by atoms with Crippen molar-refractivity contribution in [1.82, 2.24) is 10.2 Å². The summed E-state index contributed by atoms with van der Waals surface area (Å²) in [4.78, 5) is 49.3. The van der Waals surface area contributed by atoms with Gasteiger partial charge in [-0.15, -0.1) is 0 Å². The van der Waals surface area contributed by atoms with Crippen molar-refractivity contribution >= 4 is 29.2 Å². The Morgan fingerprint density at radius 2 is 2.17 bits per heavy atom. The summed E-state index contributed by atoms with van der Waals surface area (Å²) < 4.78 is 5.24. The third kappa shape index (κ3) is 3.87. The molecule has 0 aromatic heterocycles. The van der Waals surface area contributed by atoms with Crippen LogP contribution in [0.3, 0.4) is 0 Å². The molecule has 1 heterocycles. The van der Waals surface area contributed by atoms with Crippen LogP contribution in [0.2, 0.25) is 0 Å². The van der Waals surface area contributed by atoms with E-state index in [-0.39, 0.29) is 17.3 Å².